The van der Waals surface area contributed by atoms with Gasteiger partial charge in [-0.05, 0) is 54.9 Å². The number of benzene rings is 1. The van der Waals surface area contributed by atoms with E-state index >= 15 is 0 Å². The molecule has 6 rings (SSSR count). The Labute approximate surface area is 167 Å². The van der Waals surface area contributed by atoms with Crippen molar-refractivity contribution in [2.45, 2.75) is 44.1 Å². The summed E-state index contributed by atoms with van der Waals surface area (Å²) >= 11 is 0. The van der Waals surface area contributed by atoms with Gasteiger partial charge in [0.05, 0.1) is 7.11 Å². The molecule has 0 radical (unpaired) electrons. The number of ether oxygens (including phenoxy) is 1. The van der Waals surface area contributed by atoms with Crippen molar-refractivity contribution in [1.29, 1.82) is 0 Å². The monoisotopic (exact) mass is 346 g/mol. The van der Waals surface area contributed by atoms with Crippen LogP contribution in [0.3, 0.4) is 0 Å². The van der Waals surface area contributed by atoms with Gasteiger partial charge in [-0.3, -0.25) is 4.90 Å². The summed E-state index contributed by atoms with van der Waals surface area (Å²) in [6.45, 7) is 4.57. The normalized spacial score (nSPS) is 34.9. The van der Waals surface area contributed by atoms with E-state index < -0.39 is 0 Å². The molecule has 1 aromatic carbocycles. The van der Waals surface area contributed by atoms with E-state index in [-0.39, 0.29) is 30.9 Å². The smallest absolute Gasteiger partial charge is 0.854 e. The van der Waals surface area contributed by atoms with Crippen molar-refractivity contribution in [3.05, 3.63) is 29.5 Å². The third kappa shape index (κ3) is 2.36. The minimum Gasteiger partial charge on any atom is -0.854 e. The number of piperidine rings is 2. The Bertz CT molecular complexity index is 820. The van der Waals surface area contributed by atoms with Crippen LogP contribution in [0.15, 0.2) is 18.2 Å². The first-order chi connectivity index (χ1) is 12.2. The molecule has 0 spiro atoms. The van der Waals surface area contributed by atoms with Crippen molar-refractivity contribution in [2.75, 3.05) is 26.8 Å². The predicted molar refractivity (Wildman–Crippen MR) is 97.0 cm³/mol. The van der Waals surface area contributed by atoms with Gasteiger partial charge >= 0.3 is 18.9 Å². The number of hydrogen-bond acceptors (Lipinski definition) is 3. The predicted octanol–water partition coefficient (Wildman–Crippen LogP) is -0.545. The van der Waals surface area contributed by atoms with Crippen molar-refractivity contribution in [3.63, 3.8) is 0 Å². The van der Waals surface area contributed by atoms with E-state index in [1.165, 1.54) is 36.0 Å². The quantitative estimate of drug-likeness (QED) is 0.760. The van der Waals surface area contributed by atoms with Crippen LogP contribution in [0.25, 0.3) is 10.9 Å². The van der Waals surface area contributed by atoms with E-state index in [0.29, 0.717) is 17.9 Å². The molecule has 1 N–H and O–H groups in total. The van der Waals surface area contributed by atoms with Crippen molar-refractivity contribution >= 4 is 10.9 Å². The molecule has 1 saturated carbocycles. The molecule has 3 aliphatic heterocycles. The van der Waals surface area contributed by atoms with Gasteiger partial charge in [0.1, 0.15) is 5.75 Å². The molecule has 4 aliphatic rings. The second-order valence-corrected chi connectivity index (χ2v) is 8.35. The first-order valence-corrected chi connectivity index (χ1v) is 9.71. The molecule has 1 aliphatic carbocycles. The standard InChI is InChI=1S/C21H27N2O2.Li/c1-3-14-8-13-10-21(12-24)19-16(6-7-23(11-13)20(14)21)17-9-15(25-2)4-5-18(17)22-19;/h4-5,9,13-14,20,22H,3,6-8,10-12H2,1-2H3;/q-1;+1/t13-,14?,20?,21+;/m0./s1. The van der Waals surface area contributed by atoms with Gasteiger partial charge in [-0.25, -0.2) is 0 Å². The molecule has 3 unspecified atom stereocenters. The Morgan fingerprint density at radius 3 is 2.96 bits per heavy atom. The number of rotatable bonds is 3. The van der Waals surface area contributed by atoms with Crippen LogP contribution < -0.4 is 28.7 Å². The van der Waals surface area contributed by atoms with Gasteiger partial charge in [-0.2, -0.15) is 0 Å². The number of methoxy groups -OCH3 is 1. The zero-order valence-electron chi connectivity index (χ0n) is 16.2. The summed E-state index contributed by atoms with van der Waals surface area (Å²) in [5.74, 6) is 2.23. The topological polar surface area (TPSA) is 51.3 Å². The second kappa shape index (κ2) is 6.60. The Kier molecular flexibility index (Phi) is 4.68. The minimum atomic E-state index is -0.236. The van der Waals surface area contributed by atoms with Crippen molar-refractivity contribution in [1.82, 2.24) is 9.88 Å². The summed E-state index contributed by atoms with van der Waals surface area (Å²) in [5.41, 5.74) is 3.54. The minimum absolute atomic E-state index is 0. The molecular weight excluding hydrogens is 319 g/mol. The van der Waals surface area contributed by atoms with Gasteiger partial charge in [0.15, 0.2) is 0 Å². The Balaban J connectivity index is 0.00000168. The molecule has 134 valence electrons. The van der Waals surface area contributed by atoms with Crippen molar-refractivity contribution in [3.8, 4) is 5.75 Å². The van der Waals surface area contributed by atoms with Gasteiger partial charge in [-0.15, -0.1) is 6.61 Å². The number of aromatic amines is 1. The van der Waals surface area contributed by atoms with E-state index in [0.717, 1.165) is 30.7 Å². The summed E-state index contributed by atoms with van der Waals surface area (Å²) in [5, 5.41) is 14.0. The largest absolute Gasteiger partial charge is 1.00 e. The summed E-state index contributed by atoms with van der Waals surface area (Å²) < 4.78 is 5.45. The molecule has 4 nitrogen and oxygen atoms in total. The third-order valence-corrected chi connectivity index (χ3v) is 7.23. The maximum atomic E-state index is 12.7. The molecule has 2 aromatic rings. The molecule has 2 saturated heterocycles. The van der Waals surface area contributed by atoms with E-state index in [4.69, 9.17) is 4.74 Å². The average molecular weight is 346 g/mol. The third-order valence-electron chi connectivity index (χ3n) is 7.23. The fraction of sp³-hybridized carbons (Fsp3) is 0.619. The van der Waals surface area contributed by atoms with E-state index in [9.17, 15) is 5.11 Å². The second-order valence-electron chi connectivity index (χ2n) is 8.35. The van der Waals surface area contributed by atoms with Crippen LogP contribution in [-0.4, -0.2) is 42.7 Å². The zero-order valence-corrected chi connectivity index (χ0v) is 16.2. The average Bonchev–Trinajstić information content (AvgIpc) is 2.99. The molecular formula is C21H27LiN2O2. The molecule has 1 aromatic heterocycles. The summed E-state index contributed by atoms with van der Waals surface area (Å²) in [6, 6.07) is 6.67. The number of nitrogens with zero attached hydrogens (tertiary/aromatic N) is 1. The fourth-order valence-corrected chi connectivity index (χ4v) is 6.34. The molecule has 5 atom stereocenters. The Morgan fingerprint density at radius 2 is 2.23 bits per heavy atom. The van der Waals surface area contributed by atoms with Crippen LogP contribution in [-0.2, 0) is 11.8 Å². The van der Waals surface area contributed by atoms with Gasteiger partial charge in [0.25, 0.3) is 0 Å². The molecule has 0 amide bonds. The van der Waals surface area contributed by atoms with Gasteiger partial charge in [0, 0.05) is 41.1 Å². The molecule has 4 bridgehead atoms. The summed E-state index contributed by atoms with van der Waals surface area (Å²) in [6.07, 6.45) is 4.58. The number of aromatic nitrogens is 1. The van der Waals surface area contributed by atoms with E-state index in [1.54, 1.807) is 7.11 Å². The summed E-state index contributed by atoms with van der Waals surface area (Å²) in [4.78, 5) is 6.36. The first-order valence-electron chi connectivity index (χ1n) is 9.71. The SMILES string of the molecule is CCC1C[C@@H]2CN3CCc4c([nH]c5ccc(OC)cc45)[C@](C[O-])(C2)C13.[Li+]. The van der Waals surface area contributed by atoms with Crippen LogP contribution in [0.1, 0.15) is 37.4 Å². The van der Waals surface area contributed by atoms with Crippen LogP contribution >= 0.6 is 0 Å². The number of H-pyrrole nitrogens is 1. The fourth-order valence-electron chi connectivity index (χ4n) is 6.34. The molecule has 4 heterocycles. The molecule has 5 heteroatoms. The van der Waals surface area contributed by atoms with Gasteiger partial charge < -0.3 is 14.8 Å². The maximum Gasteiger partial charge on any atom is 1.00 e. The van der Waals surface area contributed by atoms with Crippen molar-refractivity contribution in [2.24, 2.45) is 11.8 Å². The first kappa shape index (κ1) is 18.4. The van der Waals surface area contributed by atoms with Gasteiger partial charge in [-0.1, -0.05) is 13.3 Å². The van der Waals surface area contributed by atoms with Gasteiger partial charge in [0.2, 0.25) is 0 Å². The zero-order chi connectivity index (χ0) is 17.2. The summed E-state index contributed by atoms with van der Waals surface area (Å²) in [7, 11) is 1.72. The Hall–Kier alpha value is -0.923. The molecule has 3 fully saturated rings. The number of hydrogen-bond donors (Lipinski definition) is 1. The van der Waals surface area contributed by atoms with Crippen LogP contribution in [0, 0.1) is 11.8 Å². The van der Waals surface area contributed by atoms with E-state index in [1.807, 2.05) is 6.07 Å². The molecule has 26 heavy (non-hydrogen) atoms. The van der Waals surface area contributed by atoms with Crippen LogP contribution in [0.2, 0.25) is 0 Å². The van der Waals surface area contributed by atoms with Crippen LogP contribution in [0.4, 0.5) is 0 Å². The number of fused-ring (bicyclic) bond motifs is 4. The Morgan fingerprint density at radius 1 is 1.38 bits per heavy atom. The van der Waals surface area contributed by atoms with Crippen molar-refractivity contribution < 1.29 is 28.7 Å². The number of nitrogens with one attached hydrogen (secondary N) is 1. The maximum absolute atomic E-state index is 12.7. The van der Waals surface area contributed by atoms with E-state index in [2.05, 4.69) is 28.9 Å². The van der Waals surface area contributed by atoms with Crippen LogP contribution in [0.5, 0.6) is 5.75 Å².